The number of anilines is 5. The van der Waals surface area contributed by atoms with Gasteiger partial charge in [-0.3, -0.25) is 0 Å². The van der Waals surface area contributed by atoms with Crippen LogP contribution in [0.25, 0.3) is 22.3 Å². The summed E-state index contributed by atoms with van der Waals surface area (Å²) in [4.78, 5) is 5.29. The smallest absolute Gasteiger partial charge is 0.332 e. The maximum atomic E-state index is 2.74. The topological polar surface area (TPSA) is 6.48 Å². The van der Waals surface area contributed by atoms with Crippen molar-refractivity contribution in [2.45, 2.75) is 38.5 Å². The first-order valence-corrected chi connectivity index (χ1v) is 18.2. The third-order valence-electron chi connectivity index (χ3n) is 11.9. The summed E-state index contributed by atoms with van der Waals surface area (Å²) in [5.74, 6) is 0. The Bertz CT molecular complexity index is 2410. The number of nitrogens with zero attached hydrogens (tertiary/aromatic N) is 2. The van der Waals surface area contributed by atoms with Crippen molar-refractivity contribution in [2.75, 3.05) is 9.71 Å². The molecular weight excluding hydrogens is 615 g/mol. The van der Waals surface area contributed by atoms with E-state index in [1.165, 1.54) is 83.9 Å². The van der Waals surface area contributed by atoms with Gasteiger partial charge in [0.25, 0.3) is 0 Å². The van der Waals surface area contributed by atoms with Crippen LogP contribution in [0.4, 0.5) is 28.4 Å². The number of fused-ring (bicyclic) bond motifs is 6. The largest absolute Gasteiger partial charge is 0.375 e. The molecule has 10 rings (SSSR count). The maximum absolute atomic E-state index is 2.74. The molecule has 0 bridgehead atoms. The van der Waals surface area contributed by atoms with E-state index in [1.807, 2.05) is 0 Å². The molecule has 0 N–H and O–H groups in total. The fourth-order valence-electron chi connectivity index (χ4n) is 9.45. The minimum absolute atomic E-state index is 0.0863. The summed E-state index contributed by atoms with van der Waals surface area (Å²) in [6, 6.07) is 61.0. The standard InChI is InChI=1S/C48H39BN2/c1-47(2)36-24-11-13-30-42(36)50-43-31-14-12-28-40(43)49(41-29-17-27-39(47)46(41)50)51-44-34(32-18-7-5-8-19-32)22-15-25-37(44)48(3,4)38-26-16-23-35(45(38)51)33-20-9-6-10-21-33/h5-31H,1-4H3. The molecule has 51 heavy (non-hydrogen) atoms. The maximum Gasteiger partial charge on any atom is 0.332 e. The quantitative estimate of drug-likeness (QED) is 0.175. The van der Waals surface area contributed by atoms with Gasteiger partial charge in [-0.1, -0.05) is 179 Å². The Hall–Kier alpha value is -5.80. The zero-order chi connectivity index (χ0) is 34.5. The summed E-state index contributed by atoms with van der Waals surface area (Å²) in [5.41, 5.74) is 19.0. The van der Waals surface area contributed by atoms with Crippen LogP contribution in [0.5, 0.6) is 0 Å². The number of benzene rings is 7. The average Bonchev–Trinajstić information content (AvgIpc) is 3.17. The molecule has 7 aromatic carbocycles. The second kappa shape index (κ2) is 10.9. The van der Waals surface area contributed by atoms with Crippen molar-refractivity contribution in [3.63, 3.8) is 0 Å². The molecule has 0 spiro atoms. The molecule has 7 aromatic rings. The number of para-hydroxylation sites is 5. The highest BCUT2D eigenvalue weighted by Crippen LogP contribution is 2.57. The second-order valence-electron chi connectivity index (χ2n) is 15.3. The highest BCUT2D eigenvalue weighted by atomic mass is 15.2. The van der Waals surface area contributed by atoms with Crippen LogP contribution in [0.1, 0.15) is 49.9 Å². The minimum atomic E-state index is -0.242. The van der Waals surface area contributed by atoms with Crippen molar-refractivity contribution in [3.05, 3.63) is 186 Å². The molecular formula is C48H39BN2. The van der Waals surface area contributed by atoms with E-state index in [0.717, 1.165) is 0 Å². The van der Waals surface area contributed by atoms with E-state index in [9.17, 15) is 0 Å². The Morgan fingerprint density at radius 3 is 1.41 bits per heavy atom. The third-order valence-corrected chi connectivity index (χ3v) is 11.9. The Balaban J connectivity index is 1.36. The van der Waals surface area contributed by atoms with Crippen molar-refractivity contribution in [2.24, 2.45) is 0 Å². The zero-order valence-corrected chi connectivity index (χ0v) is 29.6. The molecule has 0 saturated carbocycles. The number of hydrogen-bond acceptors (Lipinski definition) is 2. The monoisotopic (exact) mass is 654 g/mol. The van der Waals surface area contributed by atoms with Crippen molar-refractivity contribution in [3.8, 4) is 22.3 Å². The Morgan fingerprint density at radius 1 is 0.373 bits per heavy atom. The van der Waals surface area contributed by atoms with Crippen molar-refractivity contribution in [1.82, 2.24) is 0 Å². The lowest BCUT2D eigenvalue weighted by molar-refractivity contribution is 0.632. The van der Waals surface area contributed by atoms with E-state index in [-0.39, 0.29) is 17.7 Å². The number of rotatable bonds is 3. The molecule has 0 aromatic heterocycles. The van der Waals surface area contributed by atoms with E-state index in [1.54, 1.807) is 0 Å². The molecule has 0 atom stereocenters. The normalized spacial score (nSPS) is 15.6. The van der Waals surface area contributed by atoms with Gasteiger partial charge in [0.2, 0.25) is 0 Å². The van der Waals surface area contributed by atoms with Crippen molar-refractivity contribution >= 4 is 46.2 Å². The average molecular weight is 655 g/mol. The summed E-state index contributed by atoms with van der Waals surface area (Å²) in [7, 11) is 0. The van der Waals surface area contributed by atoms with Gasteiger partial charge in [0, 0.05) is 44.7 Å². The Morgan fingerprint density at radius 2 is 0.804 bits per heavy atom. The molecule has 0 aliphatic carbocycles. The van der Waals surface area contributed by atoms with Gasteiger partial charge in [0.05, 0.1) is 5.69 Å². The first-order chi connectivity index (χ1) is 24.9. The van der Waals surface area contributed by atoms with Gasteiger partial charge in [-0.2, -0.15) is 0 Å². The molecule has 3 aliphatic heterocycles. The van der Waals surface area contributed by atoms with Gasteiger partial charge in [0.15, 0.2) is 0 Å². The highest BCUT2D eigenvalue weighted by molar-refractivity contribution is 6.92. The molecule has 0 amide bonds. The molecule has 3 heteroatoms. The van der Waals surface area contributed by atoms with Crippen LogP contribution in [-0.4, -0.2) is 6.85 Å². The predicted octanol–water partition coefficient (Wildman–Crippen LogP) is 11.0. The van der Waals surface area contributed by atoms with Gasteiger partial charge < -0.3 is 9.71 Å². The fraction of sp³-hybridized carbons (Fsp3) is 0.125. The number of hydrogen-bond donors (Lipinski definition) is 0. The van der Waals surface area contributed by atoms with E-state index in [4.69, 9.17) is 0 Å². The molecule has 3 heterocycles. The van der Waals surface area contributed by atoms with E-state index in [2.05, 4.69) is 201 Å². The first-order valence-electron chi connectivity index (χ1n) is 18.2. The molecule has 3 aliphatic rings. The lowest BCUT2D eigenvalue weighted by Crippen LogP contribution is -2.61. The fourth-order valence-corrected chi connectivity index (χ4v) is 9.45. The van der Waals surface area contributed by atoms with E-state index < -0.39 is 0 Å². The lowest BCUT2D eigenvalue weighted by atomic mass is 9.44. The van der Waals surface area contributed by atoms with Crippen LogP contribution >= 0.6 is 0 Å². The van der Waals surface area contributed by atoms with E-state index in [0.29, 0.717) is 0 Å². The predicted molar refractivity (Wildman–Crippen MR) is 216 cm³/mol. The van der Waals surface area contributed by atoms with Crippen LogP contribution in [0.3, 0.4) is 0 Å². The molecule has 0 radical (unpaired) electrons. The van der Waals surface area contributed by atoms with Crippen LogP contribution in [0, 0.1) is 0 Å². The lowest BCUT2D eigenvalue weighted by Gasteiger charge is -2.51. The summed E-state index contributed by atoms with van der Waals surface area (Å²) >= 11 is 0. The Kier molecular flexibility index (Phi) is 6.40. The SMILES string of the molecule is CC1(C)c2cccc(-c3ccccc3)c2N(B2c3ccccc3N3c4ccccc4C(C)(C)c4cccc2c43)c2c(-c3ccccc3)cccc21. The summed E-state index contributed by atoms with van der Waals surface area (Å²) in [5, 5.41) is 0. The minimum Gasteiger partial charge on any atom is -0.375 e. The molecule has 0 unspecified atom stereocenters. The van der Waals surface area contributed by atoms with Gasteiger partial charge in [-0.25, -0.2) is 0 Å². The van der Waals surface area contributed by atoms with Crippen LogP contribution < -0.4 is 20.6 Å². The molecule has 244 valence electrons. The van der Waals surface area contributed by atoms with Gasteiger partial charge in [0.1, 0.15) is 0 Å². The highest BCUT2D eigenvalue weighted by Gasteiger charge is 2.49. The van der Waals surface area contributed by atoms with Crippen LogP contribution in [0.15, 0.2) is 164 Å². The first kappa shape index (κ1) is 30.1. The van der Waals surface area contributed by atoms with Crippen LogP contribution in [-0.2, 0) is 10.8 Å². The molecule has 0 fully saturated rings. The van der Waals surface area contributed by atoms with Gasteiger partial charge in [-0.05, 0) is 56.4 Å². The molecule has 2 nitrogen and oxygen atoms in total. The Labute approximate surface area is 301 Å². The summed E-state index contributed by atoms with van der Waals surface area (Å²) in [6.45, 7) is 9.52. The van der Waals surface area contributed by atoms with Gasteiger partial charge in [-0.15, -0.1) is 0 Å². The zero-order valence-electron chi connectivity index (χ0n) is 29.6. The molecule has 0 saturated heterocycles. The van der Waals surface area contributed by atoms with Crippen molar-refractivity contribution < 1.29 is 0 Å². The third kappa shape index (κ3) is 4.12. The van der Waals surface area contributed by atoms with Crippen molar-refractivity contribution in [1.29, 1.82) is 0 Å². The van der Waals surface area contributed by atoms with E-state index >= 15 is 0 Å². The second-order valence-corrected chi connectivity index (χ2v) is 15.3. The van der Waals surface area contributed by atoms with Gasteiger partial charge >= 0.3 is 6.85 Å². The van der Waals surface area contributed by atoms with Crippen LogP contribution in [0.2, 0.25) is 0 Å². The summed E-state index contributed by atoms with van der Waals surface area (Å²) < 4.78 is 0. The summed E-state index contributed by atoms with van der Waals surface area (Å²) in [6.07, 6.45) is 0.